The molecule has 2 aliphatic heterocycles. The molecule has 4 rings (SSSR count). The third kappa shape index (κ3) is 1.95. The number of aromatic hydroxyl groups is 1. The molecule has 1 fully saturated rings. The van der Waals surface area contributed by atoms with E-state index in [0.29, 0.717) is 24.7 Å². The first-order valence-electron chi connectivity index (χ1n) is 7.66. The number of rotatable bonds is 3. The molecule has 2 aliphatic rings. The maximum absolute atomic E-state index is 10.8. The number of fused-ring (bicyclic) bond motifs is 3. The molecule has 2 aromatic carbocycles. The SMILES string of the molecule is CCOc1cc(-c2ccccc2)c(O)c2c1O[C@H]1OCC[C@@H]21. The molecule has 2 heterocycles. The van der Waals surface area contributed by atoms with Crippen LogP contribution in [0.25, 0.3) is 11.1 Å². The predicted octanol–water partition coefficient (Wildman–Crippen LogP) is 3.68. The summed E-state index contributed by atoms with van der Waals surface area (Å²) in [5, 5.41) is 10.8. The van der Waals surface area contributed by atoms with Crippen molar-refractivity contribution in [3.63, 3.8) is 0 Å². The van der Waals surface area contributed by atoms with E-state index in [4.69, 9.17) is 14.2 Å². The molecule has 2 aromatic rings. The Kier molecular flexibility index (Phi) is 3.19. The zero-order valence-electron chi connectivity index (χ0n) is 12.4. The highest BCUT2D eigenvalue weighted by Gasteiger charge is 2.43. The molecule has 0 spiro atoms. The van der Waals surface area contributed by atoms with Gasteiger partial charge in [-0.05, 0) is 25.0 Å². The van der Waals surface area contributed by atoms with E-state index in [2.05, 4.69) is 0 Å². The Morgan fingerprint density at radius 3 is 2.86 bits per heavy atom. The van der Waals surface area contributed by atoms with Crippen molar-refractivity contribution in [2.45, 2.75) is 25.6 Å². The summed E-state index contributed by atoms with van der Waals surface area (Å²) < 4.78 is 17.2. The molecule has 0 unspecified atom stereocenters. The summed E-state index contributed by atoms with van der Waals surface area (Å²) in [4.78, 5) is 0. The number of hydrogen-bond acceptors (Lipinski definition) is 4. The van der Waals surface area contributed by atoms with Crippen LogP contribution in [-0.2, 0) is 4.74 Å². The van der Waals surface area contributed by atoms with E-state index < -0.39 is 0 Å². The molecule has 2 atom stereocenters. The van der Waals surface area contributed by atoms with E-state index in [1.54, 1.807) is 0 Å². The average Bonchev–Trinajstić information content (AvgIpc) is 3.12. The smallest absolute Gasteiger partial charge is 0.207 e. The molecule has 0 radical (unpaired) electrons. The Hall–Kier alpha value is -2.20. The van der Waals surface area contributed by atoms with Gasteiger partial charge in [0.05, 0.1) is 19.1 Å². The number of phenolic OH excluding ortho intramolecular Hbond substituents is 1. The maximum atomic E-state index is 10.8. The first kappa shape index (κ1) is 13.5. The third-order valence-electron chi connectivity index (χ3n) is 4.28. The second kappa shape index (κ2) is 5.21. The number of ether oxygens (including phenoxy) is 3. The summed E-state index contributed by atoms with van der Waals surface area (Å²) in [6, 6.07) is 11.7. The first-order valence-corrected chi connectivity index (χ1v) is 7.66. The van der Waals surface area contributed by atoms with Crippen molar-refractivity contribution < 1.29 is 19.3 Å². The minimum absolute atomic E-state index is 0.0814. The fourth-order valence-corrected chi connectivity index (χ4v) is 3.29. The number of phenols is 1. The van der Waals surface area contributed by atoms with Crippen molar-refractivity contribution in [1.29, 1.82) is 0 Å². The Labute approximate surface area is 129 Å². The van der Waals surface area contributed by atoms with Crippen molar-refractivity contribution >= 4 is 0 Å². The van der Waals surface area contributed by atoms with Gasteiger partial charge in [0, 0.05) is 11.1 Å². The molecule has 1 saturated heterocycles. The van der Waals surface area contributed by atoms with Crippen LogP contribution in [-0.4, -0.2) is 24.6 Å². The second-order valence-electron chi connectivity index (χ2n) is 5.56. The molecular weight excluding hydrogens is 280 g/mol. The molecule has 4 nitrogen and oxygen atoms in total. The van der Waals surface area contributed by atoms with Crippen LogP contribution < -0.4 is 9.47 Å². The molecule has 114 valence electrons. The van der Waals surface area contributed by atoms with Crippen molar-refractivity contribution in [3.05, 3.63) is 42.0 Å². The maximum Gasteiger partial charge on any atom is 0.207 e. The van der Waals surface area contributed by atoms with Gasteiger partial charge in [-0.25, -0.2) is 0 Å². The van der Waals surface area contributed by atoms with Crippen LogP contribution in [0.15, 0.2) is 36.4 Å². The highest BCUT2D eigenvalue weighted by Crippen LogP contribution is 2.55. The lowest BCUT2D eigenvalue weighted by Gasteiger charge is -2.15. The molecular formula is C18H18O4. The summed E-state index contributed by atoms with van der Waals surface area (Å²) in [7, 11) is 0. The number of benzene rings is 2. The lowest BCUT2D eigenvalue weighted by molar-refractivity contribution is -0.0349. The molecule has 4 heteroatoms. The van der Waals surface area contributed by atoms with Gasteiger partial charge in [0.1, 0.15) is 5.75 Å². The van der Waals surface area contributed by atoms with E-state index in [-0.39, 0.29) is 18.0 Å². The summed E-state index contributed by atoms with van der Waals surface area (Å²) in [5.41, 5.74) is 2.57. The molecule has 0 amide bonds. The second-order valence-corrected chi connectivity index (χ2v) is 5.56. The van der Waals surface area contributed by atoms with Gasteiger partial charge in [-0.2, -0.15) is 0 Å². The van der Waals surface area contributed by atoms with E-state index >= 15 is 0 Å². The quantitative estimate of drug-likeness (QED) is 0.939. The van der Waals surface area contributed by atoms with Gasteiger partial charge >= 0.3 is 0 Å². The third-order valence-corrected chi connectivity index (χ3v) is 4.28. The lowest BCUT2D eigenvalue weighted by Crippen LogP contribution is -2.13. The predicted molar refractivity (Wildman–Crippen MR) is 82.4 cm³/mol. The van der Waals surface area contributed by atoms with E-state index in [1.807, 2.05) is 43.3 Å². The molecule has 0 aliphatic carbocycles. The highest BCUT2D eigenvalue weighted by molar-refractivity contribution is 5.78. The summed E-state index contributed by atoms with van der Waals surface area (Å²) in [6.45, 7) is 3.15. The summed E-state index contributed by atoms with van der Waals surface area (Å²) in [6.07, 6.45) is 0.556. The zero-order chi connectivity index (χ0) is 15.1. The Bertz CT molecular complexity index is 696. The van der Waals surface area contributed by atoms with Crippen molar-refractivity contribution in [2.75, 3.05) is 13.2 Å². The van der Waals surface area contributed by atoms with Gasteiger partial charge in [-0.3, -0.25) is 0 Å². The number of hydrogen-bond donors (Lipinski definition) is 1. The van der Waals surface area contributed by atoms with Gasteiger partial charge in [-0.1, -0.05) is 30.3 Å². The molecule has 0 bridgehead atoms. The minimum Gasteiger partial charge on any atom is -0.507 e. The standard InChI is InChI=1S/C18H18O4/c1-2-20-14-10-13(11-6-4-3-5-7-11)16(19)15-12-8-9-21-18(12)22-17(14)15/h3-7,10,12,18-19H,2,8-9H2,1H3/t12-,18+/m0/s1. The van der Waals surface area contributed by atoms with Gasteiger partial charge in [-0.15, -0.1) is 0 Å². The fraction of sp³-hybridized carbons (Fsp3) is 0.333. The fourth-order valence-electron chi connectivity index (χ4n) is 3.29. The van der Waals surface area contributed by atoms with Crippen LogP contribution in [0.5, 0.6) is 17.2 Å². The average molecular weight is 298 g/mol. The monoisotopic (exact) mass is 298 g/mol. The molecule has 0 aromatic heterocycles. The van der Waals surface area contributed by atoms with Crippen LogP contribution in [0.3, 0.4) is 0 Å². The first-order chi connectivity index (χ1) is 10.8. The largest absolute Gasteiger partial charge is 0.507 e. The van der Waals surface area contributed by atoms with Crippen molar-refractivity contribution in [2.24, 2.45) is 0 Å². The Balaban J connectivity index is 1.91. The van der Waals surface area contributed by atoms with Crippen molar-refractivity contribution in [3.8, 4) is 28.4 Å². The summed E-state index contributed by atoms with van der Waals surface area (Å²) in [5.74, 6) is 1.67. The topological polar surface area (TPSA) is 47.9 Å². The Morgan fingerprint density at radius 1 is 1.27 bits per heavy atom. The van der Waals surface area contributed by atoms with Crippen LogP contribution in [0.4, 0.5) is 0 Å². The molecule has 22 heavy (non-hydrogen) atoms. The van der Waals surface area contributed by atoms with Gasteiger partial charge < -0.3 is 19.3 Å². The minimum atomic E-state index is -0.300. The molecule has 0 saturated carbocycles. The van der Waals surface area contributed by atoms with Crippen LogP contribution in [0.1, 0.15) is 24.8 Å². The van der Waals surface area contributed by atoms with Gasteiger partial charge in [0.2, 0.25) is 6.29 Å². The van der Waals surface area contributed by atoms with E-state index in [1.165, 1.54) is 0 Å². The van der Waals surface area contributed by atoms with E-state index in [0.717, 1.165) is 23.1 Å². The van der Waals surface area contributed by atoms with E-state index in [9.17, 15) is 5.11 Å². The normalized spacial score (nSPS) is 22.0. The van der Waals surface area contributed by atoms with Crippen LogP contribution in [0.2, 0.25) is 0 Å². The van der Waals surface area contributed by atoms with Gasteiger partial charge in [0.15, 0.2) is 11.5 Å². The lowest BCUT2D eigenvalue weighted by atomic mass is 9.92. The molecule has 1 N–H and O–H groups in total. The van der Waals surface area contributed by atoms with Crippen LogP contribution in [0, 0.1) is 0 Å². The van der Waals surface area contributed by atoms with Crippen LogP contribution >= 0.6 is 0 Å². The summed E-state index contributed by atoms with van der Waals surface area (Å²) >= 11 is 0. The zero-order valence-corrected chi connectivity index (χ0v) is 12.4. The highest BCUT2D eigenvalue weighted by atomic mass is 16.7. The Morgan fingerprint density at radius 2 is 2.09 bits per heavy atom. The van der Waals surface area contributed by atoms with Crippen molar-refractivity contribution in [1.82, 2.24) is 0 Å². The van der Waals surface area contributed by atoms with Gasteiger partial charge in [0.25, 0.3) is 0 Å².